The minimum atomic E-state index is 0.950. The van der Waals surface area contributed by atoms with Crippen LogP contribution < -0.4 is 0 Å². The number of amidine groups is 1. The van der Waals surface area contributed by atoms with Crippen LogP contribution in [0.15, 0.2) is 17.3 Å². The van der Waals surface area contributed by atoms with Gasteiger partial charge in [0.05, 0.1) is 5.01 Å². The lowest BCUT2D eigenvalue weighted by atomic mass is 10.3. The smallest absolute Gasteiger partial charge is 0.123 e. The average molecular weight is 221 g/mol. The quantitative estimate of drug-likeness (QED) is 0.766. The Labute approximate surface area is 94.2 Å². The molecule has 0 saturated heterocycles. The predicted octanol–water partition coefficient (Wildman–Crippen LogP) is 2.20. The molecule has 0 aliphatic carbocycles. The summed E-state index contributed by atoms with van der Waals surface area (Å²) in [6.07, 6.45) is 7.23. The Morgan fingerprint density at radius 3 is 3.00 bits per heavy atom. The number of hydrogen-bond donors (Lipinski definition) is 0. The van der Waals surface area contributed by atoms with Gasteiger partial charge in [-0.2, -0.15) is 0 Å². The van der Waals surface area contributed by atoms with Gasteiger partial charge < -0.3 is 4.90 Å². The van der Waals surface area contributed by atoms with E-state index in [1.807, 2.05) is 13.1 Å². The number of aliphatic imine (C=N–C) groups is 1. The van der Waals surface area contributed by atoms with Crippen LogP contribution in [0.5, 0.6) is 0 Å². The Morgan fingerprint density at radius 2 is 2.33 bits per heavy atom. The lowest BCUT2D eigenvalue weighted by Crippen LogP contribution is -2.30. The van der Waals surface area contributed by atoms with Gasteiger partial charge in [-0.15, -0.1) is 11.3 Å². The molecule has 3 nitrogen and oxygen atoms in total. The maximum absolute atomic E-state index is 4.47. The Balaban J connectivity index is 2.07. The van der Waals surface area contributed by atoms with Crippen molar-refractivity contribution in [3.8, 4) is 0 Å². The highest BCUT2D eigenvalue weighted by atomic mass is 32.1. The Bertz CT molecular complexity index is 392. The summed E-state index contributed by atoms with van der Waals surface area (Å²) in [5.41, 5.74) is 0. The molecule has 1 aliphatic rings. The first-order chi connectivity index (χ1) is 7.25. The van der Waals surface area contributed by atoms with E-state index in [2.05, 4.69) is 34.1 Å². The molecule has 0 bridgehead atoms. The molecule has 15 heavy (non-hydrogen) atoms. The predicted molar refractivity (Wildman–Crippen MR) is 65.4 cm³/mol. The van der Waals surface area contributed by atoms with Gasteiger partial charge in [0.15, 0.2) is 0 Å². The SMILES string of the molecule is Cc1ncc(C=CC2=NCCCN2C)s1. The van der Waals surface area contributed by atoms with Gasteiger partial charge in [-0.05, 0) is 25.5 Å². The summed E-state index contributed by atoms with van der Waals surface area (Å²) in [5, 5.41) is 1.11. The van der Waals surface area contributed by atoms with Crippen molar-refractivity contribution in [1.29, 1.82) is 0 Å². The van der Waals surface area contributed by atoms with E-state index in [-0.39, 0.29) is 0 Å². The first-order valence-corrected chi connectivity index (χ1v) is 5.93. The summed E-state index contributed by atoms with van der Waals surface area (Å²) in [5.74, 6) is 1.08. The first-order valence-electron chi connectivity index (χ1n) is 5.12. The molecule has 0 fully saturated rings. The first kappa shape index (κ1) is 10.4. The molecular weight excluding hydrogens is 206 g/mol. The van der Waals surface area contributed by atoms with Crippen molar-refractivity contribution in [3.63, 3.8) is 0 Å². The second-order valence-corrected chi connectivity index (χ2v) is 4.90. The van der Waals surface area contributed by atoms with Crippen LogP contribution in [0, 0.1) is 6.92 Å². The normalized spacial score (nSPS) is 17.2. The number of nitrogens with zero attached hydrogens (tertiary/aromatic N) is 3. The molecule has 0 saturated carbocycles. The molecule has 2 heterocycles. The molecule has 0 radical (unpaired) electrons. The molecule has 0 aromatic carbocycles. The lowest BCUT2D eigenvalue weighted by Gasteiger charge is -2.22. The van der Waals surface area contributed by atoms with Gasteiger partial charge in [-0.3, -0.25) is 4.99 Å². The molecule has 4 heteroatoms. The van der Waals surface area contributed by atoms with Crippen molar-refractivity contribution in [2.45, 2.75) is 13.3 Å². The summed E-state index contributed by atoms with van der Waals surface area (Å²) >= 11 is 1.71. The number of hydrogen-bond acceptors (Lipinski definition) is 4. The van der Waals surface area contributed by atoms with Gasteiger partial charge in [0.25, 0.3) is 0 Å². The van der Waals surface area contributed by atoms with Crippen molar-refractivity contribution in [2.75, 3.05) is 20.1 Å². The third-order valence-electron chi connectivity index (χ3n) is 2.35. The third kappa shape index (κ3) is 2.65. The second-order valence-electron chi connectivity index (χ2n) is 3.63. The molecule has 0 atom stereocenters. The lowest BCUT2D eigenvalue weighted by molar-refractivity contribution is 0.470. The third-order valence-corrected chi connectivity index (χ3v) is 3.23. The summed E-state index contributed by atoms with van der Waals surface area (Å²) < 4.78 is 0. The molecule has 0 unspecified atom stereocenters. The van der Waals surface area contributed by atoms with Gasteiger partial charge in [-0.25, -0.2) is 4.98 Å². The maximum Gasteiger partial charge on any atom is 0.123 e. The van der Waals surface area contributed by atoms with E-state index in [9.17, 15) is 0 Å². The van der Waals surface area contributed by atoms with E-state index in [1.165, 1.54) is 4.88 Å². The largest absolute Gasteiger partial charge is 0.360 e. The summed E-state index contributed by atoms with van der Waals surface area (Å²) in [6.45, 7) is 4.07. The van der Waals surface area contributed by atoms with E-state index in [0.29, 0.717) is 0 Å². The van der Waals surface area contributed by atoms with E-state index in [0.717, 1.165) is 30.4 Å². The van der Waals surface area contributed by atoms with Crippen LogP contribution in [-0.4, -0.2) is 35.9 Å². The number of aryl methyl sites for hydroxylation is 1. The molecule has 1 aromatic rings. The van der Waals surface area contributed by atoms with E-state index >= 15 is 0 Å². The average Bonchev–Trinajstić information content (AvgIpc) is 2.63. The van der Waals surface area contributed by atoms with Crippen molar-refractivity contribution in [2.24, 2.45) is 4.99 Å². The Hall–Kier alpha value is -1.16. The van der Waals surface area contributed by atoms with Crippen LogP contribution in [0.1, 0.15) is 16.3 Å². The molecule has 80 valence electrons. The highest BCUT2D eigenvalue weighted by Gasteiger charge is 2.07. The number of aromatic nitrogens is 1. The van der Waals surface area contributed by atoms with Crippen LogP contribution in [0.4, 0.5) is 0 Å². The van der Waals surface area contributed by atoms with Crippen molar-refractivity contribution in [3.05, 3.63) is 22.2 Å². The zero-order valence-electron chi connectivity index (χ0n) is 9.10. The maximum atomic E-state index is 4.47. The monoisotopic (exact) mass is 221 g/mol. The van der Waals surface area contributed by atoms with Crippen molar-refractivity contribution in [1.82, 2.24) is 9.88 Å². The minimum Gasteiger partial charge on any atom is -0.360 e. The zero-order chi connectivity index (χ0) is 10.7. The summed E-state index contributed by atoms with van der Waals surface area (Å²) in [4.78, 5) is 12.1. The van der Waals surface area contributed by atoms with Crippen LogP contribution in [-0.2, 0) is 0 Å². The molecular formula is C11H15N3S. The molecule has 0 spiro atoms. The van der Waals surface area contributed by atoms with Crippen LogP contribution >= 0.6 is 11.3 Å². The van der Waals surface area contributed by atoms with Gasteiger partial charge in [0.2, 0.25) is 0 Å². The van der Waals surface area contributed by atoms with Gasteiger partial charge in [-0.1, -0.05) is 0 Å². The minimum absolute atomic E-state index is 0.950. The number of likely N-dealkylation sites (N-methyl/N-ethyl adjacent to an activating group) is 1. The van der Waals surface area contributed by atoms with Gasteiger partial charge in [0.1, 0.15) is 5.84 Å². The Morgan fingerprint density at radius 1 is 1.47 bits per heavy atom. The van der Waals surface area contributed by atoms with Crippen LogP contribution in [0.3, 0.4) is 0 Å². The topological polar surface area (TPSA) is 28.5 Å². The molecule has 0 N–H and O–H groups in total. The fourth-order valence-corrected chi connectivity index (χ4v) is 2.22. The standard InChI is InChI=1S/C11H15N3S/c1-9-13-8-10(15-9)4-5-11-12-6-3-7-14(11)2/h4-5,8H,3,6-7H2,1-2H3. The number of thiazole rings is 1. The Kier molecular flexibility index (Phi) is 3.16. The van der Waals surface area contributed by atoms with E-state index in [1.54, 1.807) is 11.3 Å². The van der Waals surface area contributed by atoms with Crippen molar-refractivity contribution < 1.29 is 0 Å². The fraction of sp³-hybridized carbons (Fsp3) is 0.455. The number of rotatable bonds is 2. The van der Waals surface area contributed by atoms with Gasteiger partial charge in [0, 0.05) is 31.2 Å². The van der Waals surface area contributed by atoms with Gasteiger partial charge >= 0.3 is 0 Å². The van der Waals surface area contributed by atoms with Crippen LogP contribution in [0.25, 0.3) is 6.08 Å². The molecule has 1 aliphatic heterocycles. The summed E-state index contributed by atoms with van der Waals surface area (Å²) in [7, 11) is 2.08. The van der Waals surface area contributed by atoms with E-state index in [4.69, 9.17) is 0 Å². The molecule has 2 rings (SSSR count). The summed E-state index contributed by atoms with van der Waals surface area (Å²) in [6, 6.07) is 0. The zero-order valence-corrected chi connectivity index (χ0v) is 9.92. The van der Waals surface area contributed by atoms with Crippen molar-refractivity contribution >= 4 is 23.2 Å². The van der Waals surface area contributed by atoms with Crippen LogP contribution in [0.2, 0.25) is 0 Å². The fourth-order valence-electron chi connectivity index (χ4n) is 1.53. The highest BCUT2D eigenvalue weighted by molar-refractivity contribution is 7.12. The molecule has 1 aromatic heterocycles. The van der Waals surface area contributed by atoms with E-state index < -0.39 is 0 Å². The highest BCUT2D eigenvalue weighted by Crippen LogP contribution is 2.13. The second kappa shape index (κ2) is 4.57. The molecule has 0 amide bonds.